The molecule has 0 atom stereocenters. The summed E-state index contributed by atoms with van der Waals surface area (Å²) in [5.41, 5.74) is 4.88. The number of fused-ring (bicyclic) bond motifs is 1. The lowest BCUT2D eigenvalue weighted by atomic mass is 9.91. The van der Waals surface area contributed by atoms with Crippen molar-refractivity contribution in [2.24, 2.45) is 0 Å². The van der Waals surface area contributed by atoms with Crippen LogP contribution in [0.2, 0.25) is 0 Å². The van der Waals surface area contributed by atoms with Gasteiger partial charge in [-0.3, -0.25) is 9.59 Å². The molecule has 1 N–H and O–H groups in total. The Hall–Kier alpha value is -1.76. The van der Waals surface area contributed by atoms with Crippen molar-refractivity contribution >= 4 is 75.8 Å². The van der Waals surface area contributed by atoms with Crippen LogP contribution in [0.1, 0.15) is 11.1 Å². The Morgan fingerprint density at radius 2 is 1.41 bits per heavy atom. The number of H-pyrrole nitrogens is 1. The maximum atomic E-state index is 13.1. The zero-order valence-electron chi connectivity index (χ0n) is 14.1. The average molecular weight is 550 g/mol. The van der Waals surface area contributed by atoms with Crippen LogP contribution in [0, 0.1) is 6.92 Å². The molecule has 0 saturated carbocycles. The number of para-hydroxylation sites is 1. The van der Waals surface area contributed by atoms with E-state index in [1.165, 1.54) is 0 Å². The van der Waals surface area contributed by atoms with Crippen LogP contribution in [0.15, 0.2) is 62.0 Å². The molecule has 1 aliphatic carbocycles. The first-order chi connectivity index (χ1) is 12.9. The summed E-state index contributed by atoms with van der Waals surface area (Å²) < 4.78 is 0.700. The largest absolute Gasteiger partial charge is 0.354 e. The van der Waals surface area contributed by atoms with Gasteiger partial charge in [-0.15, -0.1) is 0 Å². The average Bonchev–Trinajstić information content (AvgIpc) is 3.05. The number of hydrogen-bond donors (Lipinski definition) is 1. The molecule has 0 aliphatic heterocycles. The summed E-state index contributed by atoms with van der Waals surface area (Å²) in [4.78, 5) is 29.1. The third kappa shape index (κ3) is 3.00. The highest BCUT2D eigenvalue weighted by atomic mass is 79.9. The third-order valence-corrected chi connectivity index (χ3v) is 7.34. The van der Waals surface area contributed by atoms with Gasteiger partial charge in [-0.25, -0.2) is 0 Å². The van der Waals surface area contributed by atoms with Crippen LogP contribution in [0.3, 0.4) is 0 Å². The number of carbonyl (C=O) groups is 2. The predicted molar refractivity (Wildman–Crippen MR) is 119 cm³/mol. The maximum absolute atomic E-state index is 13.1. The minimum atomic E-state index is -0.267. The Labute approximate surface area is 180 Å². The topological polar surface area (TPSA) is 49.9 Å². The number of aromatic nitrogens is 1. The number of aryl methyl sites for hydroxylation is 1. The molecule has 0 radical (unpaired) electrons. The number of rotatable bonds is 2. The number of aromatic amines is 1. The van der Waals surface area contributed by atoms with Gasteiger partial charge in [0.05, 0.1) is 24.7 Å². The van der Waals surface area contributed by atoms with Crippen molar-refractivity contribution in [3.63, 3.8) is 0 Å². The van der Waals surface area contributed by atoms with Crippen LogP contribution in [-0.2, 0) is 9.59 Å². The first kappa shape index (κ1) is 18.6. The molecule has 3 aromatic rings. The van der Waals surface area contributed by atoms with Gasteiger partial charge < -0.3 is 4.98 Å². The van der Waals surface area contributed by atoms with Crippen LogP contribution < -0.4 is 0 Å². The number of benzene rings is 2. The molecule has 0 saturated heterocycles. The second-order valence-electron chi connectivity index (χ2n) is 6.26. The lowest BCUT2D eigenvalue weighted by Gasteiger charge is -2.17. The van der Waals surface area contributed by atoms with Gasteiger partial charge in [0.15, 0.2) is 0 Å². The van der Waals surface area contributed by atoms with Crippen molar-refractivity contribution in [2.75, 3.05) is 0 Å². The number of Topliss-reactive ketones (excluding diaryl/α,β-unsaturated/α-hetero) is 2. The van der Waals surface area contributed by atoms with Crippen molar-refractivity contribution in [1.29, 1.82) is 0 Å². The van der Waals surface area contributed by atoms with Crippen LogP contribution in [0.25, 0.3) is 27.7 Å². The Balaban J connectivity index is 2.07. The predicted octanol–water partition coefficient (Wildman–Crippen LogP) is 6.40. The van der Waals surface area contributed by atoms with E-state index in [1.807, 2.05) is 55.5 Å². The van der Waals surface area contributed by atoms with E-state index in [9.17, 15) is 9.59 Å². The Kier molecular flexibility index (Phi) is 4.82. The van der Waals surface area contributed by atoms with Gasteiger partial charge in [-0.2, -0.15) is 0 Å². The summed E-state index contributed by atoms with van der Waals surface area (Å²) in [6, 6.07) is 15.8. The van der Waals surface area contributed by atoms with Gasteiger partial charge in [0.1, 0.15) is 0 Å². The zero-order chi connectivity index (χ0) is 19.3. The fourth-order valence-corrected chi connectivity index (χ4v) is 4.78. The number of allylic oxidation sites excluding steroid dienone is 4. The van der Waals surface area contributed by atoms with E-state index in [2.05, 4.69) is 52.8 Å². The van der Waals surface area contributed by atoms with Gasteiger partial charge in [0.2, 0.25) is 11.6 Å². The SMILES string of the molecule is Cc1ccc(-c2[nH]c3ccccc3c2C2=C(Br)C(=O)C(Br)=C(Br)C2=O)cc1. The van der Waals surface area contributed by atoms with Crippen molar-refractivity contribution in [3.8, 4) is 11.3 Å². The summed E-state index contributed by atoms with van der Waals surface area (Å²) in [6.07, 6.45) is 0. The van der Waals surface area contributed by atoms with E-state index < -0.39 is 0 Å². The summed E-state index contributed by atoms with van der Waals surface area (Å²) >= 11 is 9.83. The van der Waals surface area contributed by atoms with E-state index in [1.54, 1.807) is 0 Å². The molecule has 134 valence electrons. The number of carbonyl (C=O) groups excluding carboxylic acids is 2. The fourth-order valence-electron chi connectivity index (χ4n) is 3.18. The molecule has 27 heavy (non-hydrogen) atoms. The highest BCUT2D eigenvalue weighted by Gasteiger charge is 2.34. The van der Waals surface area contributed by atoms with E-state index in [0.717, 1.165) is 33.3 Å². The summed E-state index contributed by atoms with van der Waals surface area (Å²) in [7, 11) is 0. The molecule has 1 aliphatic rings. The molecule has 0 unspecified atom stereocenters. The van der Waals surface area contributed by atoms with Crippen molar-refractivity contribution < 1.29 is 9.59 Å². The van der Waals surface area contributed by atoms with Crippen molar-refractivity contribution in [3.05, 3.63) is 73.1 Å². The van der Waals surface area contributed by atoms with Crippen LogP contribution in [0.4, 0.5) is 0 Å². The second-order valence-corrected chi connectivity index (χ2v) is 8.64. The van der Waals surface area contributed by atoms with Gasteiger partial charge in [0.25, 0.3) is 0 Å². The number of ketones is 2. The number of hydrogen-bond acceptors (Lipinski definition) is 2. The highest BCUT2D eigenvalue weighted by Crippen LogP contribution is 2.44. The van der Waals surface area contributed by atoms with Gasteiger partial charge in [0, 0.05) is 16.5 Å². The molecule has 0 fully saturated rings. The van der Waals surface area contributed by atoms with Crippen molar-refractivity contribution in [2.45, 2.75) is 6.92 Å². The molecule has 1 heterocycles. The summed E-state index contributed by atoms with van der Waals surface area (Å²) in [5.74, 6) is -0.511. The summed E-state index contributed by atoms with van der Waals surface area (Å²) in [5, 5.41) is 0.888. The Morgan fingerprint density at radius 3 is 2.11 bits per heavy atom. The maximum Gasteiger partial charge on any atom is 0.208 e. The minimum absolute atomic E-state index is 0.222. The molecular weight excluding hydrogens is 538 g/mol. The molecule has 6 heteroatoms. The quantitative estimate of drug-likeness (QED) is 0.376. The molecule has 0 spiro atoms. The van der Waals surface area contributed by atoms with Gasteiger partial charge >= 0.3 is 0 Å². The molecular formula is C21H12Br3NO2. The third-order valence-electron chi connectivity index (χ3n) is 4.53. The van der Waals surface area contributed by atoms with E-state index in [4.69, 9.17) is 0 Å². The van der Waals surface area contributed by atoms with E-state index >= 15 is 0 Å². The summed E-state index contributed by atoms with van der Waals surface area (Å²) in [6.45, 7) is 2.03. The molecule has 3 nitrogen and oxygen atoms in total. The van der Waals surface area contributed by atoms with Crippen LogP contribution >= 0.6 is 47.8 Å². The minimum Gasteiger partial charge on any atom is -0.354 e. The van der Waals surface area contributed by atoms with Gasteiger partial charge in [-0.1, -0.05) is 48.0 Å². The highest BCUT2D eigenvalue weighted by molar-refractivity contribution is 9.15. The standard InChI is InChI=1S/C21H12Br3NO2/c1-10-6-8-11(9-7-10)19-14(12-4-2-3-5-13(12)25-19)15-16(22)21(27)18(24)17(23)20(15)26/h2-9,25H,1H3. The van der Waals surface area contributed by atoms with E-state index in [0.29, 0.717) is 5.57 Å². The molecule has 0 bridgehead atoms. The first-order valence-corrected chi connectivity index (χ1v) is 10.5. The lowest BCUT2D eigenvalue weighted by Crippen LogP contribution is -2.16. The molecule has 1 aromatic heterocycles. The zero-order valence-corrected chi connectivity index (χ0v) is 18.8. The fraction of sp³-hybridized carbons (Fsp3) is 0.0476. The van der Waals surface area contributed by atoms with Crippen LogP contribution in [0.5, 0.6) is 0 Å². The van der Waals surface area contributed by atoms with Gasteiger partial charge in [-0.05, 0) is 66.3 Å². The number of nitrogens with one attached hydrogen (secondary N) is 1. The van der Waals surface area contributed by atoms with E-state index in [-0.39, 0.29) is 25.0 Å². The Bertz CT molecular complexity index is 1180. The van der Waals surface area contributed by atoms with Crippen molar-refractivity contribution in [1.82, 2.24) is 4.98 Å². The second kappa shape index (κ2) is 7.00. The molecule has 2 aromatic carbocycles. The monoisotopic (exact) mass is 547 g/mol. The first-order valence-electron chi connectivity index (χ1n) is 8.12. The smallest absolute Gasteiger partial charge is 0.208 e. The molecule has 0 amide bonds. The lowest BCUT2D eigenvalue weighted by molar-refractivity contribution is -0.113. The Morgan fingerprint density at radius 1 is 0.778 bits per heavy atom. The number of halogens is 3. The molecule has 4 rings (SSSR count). The van der Waals surface area contributed by atoms with Crippen LogP contribution in [-0.4, -0.2) is 16.6 Å². The normalized spacial score (nSPS) is 15.3.